The van der Waals surface area contributed by atoms with Crippen LogP contribution in [-0.4, -0.2) is 6.54 Å². The molecule has 0 fully saturated rings. The van der Waals surface area contributed by atoms with Gasteiger partial charge in [0, 0.05) is 12.2 Å². The molecule has 0 amide bonds. The Morgan fingerprint density at radius 1 is 1.27 bits per heavy atom. The van der Waals surface area contributed by atoms with Crippen LogP contribution in [0.1, 0.15) is 11.1 Å². The van der Waals surface area contributed by atoms with Crippen LogP contribution in [0.5, 0.6) is 0 Å². The maximum atomic E-state index is 2.42. The lowest BCUT2D eigenvalue weighted by atomic mass is 10.1. The Hall–Kier alpha value is -1.28. The van der Waals surface area contributed by atoms with Gasteiger partial charge in [0.25, 0.3) is 0 Å². The smallest absolute Gasteiger partial charge is 0.0953 e. The highest BCUT2D eigenvalue weighted by Gasteiger charge is 2.20. The van der Waals surface area contributed by atoms with Crippen LogP contribution in [0, 0.1) is 6.92 Å². The van der Waals surface area contributed by atoms with Gasteiger partial charge in [-0.25, -0.2) is 0 Å². The van der Waals surface area contributed by atoms with Crippen molar-refractivity contribution >= 4 is 22.0 Å². The van der Waals surface area contributed by atoms with Gasteiger partial charge in [-0.1, -0.05) is 17.7 Å². The number of thiophene rings is 1. The molecule has 0 N–H and O–H groups in total. The molecule has 76 valence electrons. The van der Waals surface area contributed by atoms with Crippen molar-refractivity contribution in [3.63, 3.8) is 0 Å². The molecule has 2 heterocycles. The maximum Gasteiger partial charge on any atom is 0.0953 e. The van der Waals surface area contributed by atoms with Gasteiger partial charge in [0.15, 0.2) is 0 Å². The highest BCUT2D eigenvalue weighted by molar-refractivity contribution is 7.14. The van der Waals surface area contributed by atoms with Crippen molar-refractivity contribution in [3.05, 3.63) is 46.8 Å². The monoisotopic (exact) mass is 215 g/mol. The molecule has 15 heavy (non-hydrogen) atoms. The van der Waals surface area contributed by atoms with Crippen molar-refractivity contribution < 1.29 is 0 Å². The minimum atomic E-state index is 1.12. The van der Waals surface area contributed by atoms with E-state index in [9.17, 15) is 0 Å². The van der Waals surface area contributed by atoms with Crippen LogP contribution >= 0.6 is 11.3 Å². The molecule has 0 atom stereocenters. The van der Waals surface area contributed by atoms with Crippen LogP contribution in [0.4, 0.5) is 10.7 Å². The van der Waals surface area contributed by atoms with Crippen LogP contribution in [0.25, 0.3) is 0 Å². The first-order valence-corrected chi connectivity index (χ1v) is 6.13. The van der Waals surface area contributed by atoms with Crippen molar-refractivity contribution in [2.45, 2.75) is 13.3 Å². The molecule has 0 saturated carbocycles. The Kier molecular flexibility index (Phi) is 2.03. The summed E-state index contributed by atoms with van der Waals surface area (Å²) in [6, 6.07) is 11.1. The minimum Gasteiger partial charge on any atom is -0.333 e. The predicted molar refractivity (Wildman–Crippen MR) is 66.2 cm³/mol. The van der Waals surface area contributed by atoms with E-state index in [0.29, 0.717) is 0 Å². The highest BCUT2D eigenvalue weighted by atomic mass is 32.1. The Labute approximate surface area is 94.0 Å². The number of anilines is 2. The van der Waals surface area contributed by atoms with E-state index >= 15 is 0 Å². The lowest BCUT2D eigenvalue weighted by Crippen LogP contribution is -2.11. The van der Waals surface area contributed by atoms with Gasteiger partial charge in [0.1, 0.15) is 0 Å². The maximum absolute atomic E-state index is 2.42. The van der Waals surface area contributed by atoms with Crippen molar-refractivity contribution in [3.8, 4) is 0 Å². The predicted octanol–water partition coefficient (Wildman–Crippen LogP) is 3.75. The normalized spacial score (nSPS) is 14.3. The lowest BCUT2D eigenvalue weighted by molar-refractivity contribution is 1.01. The number of aryl methyl sites for hydroxylation is 1. The van der Waals surface area contributed by atoms with Gasteiger partial charge in [0.2, 0.25) is 0 Å². The number of benzene rings is 1. The van der Waals surface area contributed by atoms with Crippen LogP contribution < -0.4 is 4.90 Å². The molecule has 0 bridgehead atoms. The van der Waals surface area contributed by atoms with E-state index < -0.39 is 0 Å². The lowest BCUT2D eigenvalue weighted by Gasteiger charge is -2.16. The number of rotatable bonds is 1. The summed E-state index contributed by atoms with van der Waals surface area (Å²) in [5.74, 6) is 0. The van der Waals surface area contributed by atoms with E-state index in [1.807, 2.05) is 11.3 Å². The van der Waals surface area contributed by atoms with Crippen LogP contribution in [0.2, 0.25) is 0 Å². The molecule has 0 aliphatic carbocycles. The second-order valence-corrected chi connectivity index (χ2v) is 4.91. The molecule has 2 aromatic rings. The SMILES string of the molecule is Cc1ccc2c(c1)CCN2c1cccs1. The fourth-order valence-corrected chi connectivity index (χ4v) is 2.95. The van der Waals surface area contributed by atoms with Gasteiger partial charge >= 0.3 is 0 Å². The van der Waals surface area contributed by atoms with Gasteiger partial charge in [-0.15, -0.1) is 11.3 Å². The zero-order valence-corrected chi connectivity index (χ0v) is 9.55. The second kappa shape index (κ2) is 3.38. The molecule has 1 aromatic heterocycles. The van der Waals surface area contributed by atoms with Crippen molar-refractivity contribution in [1.29, 1.82) is 0 Å². The number of fused-ring (bicyclic) bond motifs is 1. The average Bonchev–Trinajstić information content (AvgIpc) is 2.82. The summed E-state index contributed by atoms with van der Waals surface area (Å²) in [6.45, 7) is 3.29. The first-order chi connectivity index (χ1) is 7.34. The zero-order chi connectivity index (χ0) is 10.3. The molecule has 1 aliphatic heterocycles. The van der Waals surface area contributed by atoms with Gasteiger partial charge < -0.3 is 4.90 Å². The zero-order valence-electron chi connectivity index (χ0n) is 8.73. The first-order valence-electron chi connectivity index (χ1n) is 5.25. The van der Waals surface area contributed by atoms with Gasteiger partial charge in [-0.05, 0) is 42.5 Å². The van der Waals surface area contributed by atoms with E-state index in [2.05, 4.69) is 47.5 Å². The topological polar surface area (TPSA) is 3.24 Å². The Bertz CT molecular complexity index is 473. The molecule has 0 spiro atoms. The van der Waals surface area contributed by atoms with Crippen LogP contribution in [0.15, 0.2) is 35.7 Å². The standard InChI is InChI=1S/C13H13NS/c1-10-4-5-12-11(9-10)6-7-14(12)13-3-2-8-15-13/h2-5,8-9H,6-7H2,1H3. The fourth-order valence-electron chi connectivity index (χ4n) is 2.18. The van der Waals surface area contributed by atoms with E-state index in [0.717, 1.165) is 6.54 Å². The molecule has 0 radical (unpaired) electrons. The van der Waals surface area contributed by atoms with Gasteiger partial charge in [-0.2, -0.15) is 0 Å². The summed E-state index contributed by atoms with van der Waals surface area (Å²) in [5, 5.41) is 3.50. The van der Waals surface area contributed by atoms with Gasteiger partial charge in [-0.3, -0.25) is 0 Å². The summed E-state index contributed by atoms with van der Waals surface area (Å²) < 4.78 is 0. The van der Waals surface area contributed by atoms with E-state index in [-0.39, 0.29) is 0 Å². The summed E-state index contributed by atoms with van der Waals surface area (Å²) in [5.41, 5.74) is 4.24. The fraction of sp³-hybridized carbons (Fsp3) is 0.231. The average molecular weight is 215 g/mol. The molecule has 1 nitrogen and oxygen atoms in total. The summed E-state index contributed by atoms with van der Waals surface area (Å²) in [4.78, 5) is 2.42. The van der Waals surface area contributed by atoms with Crippen LogP contribution in [0.3, 0.4) is 0 Å². The number of nitrogens with zero attached hydrogens (tertiary/aromatic N) is 1. The third kappa shape index (κ3) is 1.45. The molecule has 0 saturated heterocycles. The van der Waals surface area contributed by atoms with Crippen molar-refractivity contribution in [1.82, 2.24) is 0 Å². The molecule has 1 aromatic carbocycles. The number of hydrogen-bond acceptors (Lipinski definition) is 2. The summed E-state index contributed by atoms with van der Waals surface area (Å²) in [7, 11) is 0. The molecule has 1 aliphatic rings. The van der Waals surface area contributed by atoms with E-state index in [1.165, 1.54) is 28.2 Å². The Morgan fingerprint density at radius 3 is 3.00 bits per heavy atom. The Balaban J connectivity index is 2.05. The molecular formula is C13H13NS. The van der Waals surface area contributed by atoms with Crippen LogP contribution in [-0.2, 0) is 6.42 Å². The van der Waals surface area contributed by atoms with Crippen molar-refractivity contribution in [2.75, 3.05) is 11.4 Å². The largest absolute Gasteiger partial charge is 0.333 e. The third-order valence-electron chi connectivity index (χ3n) is 2.90. The first kappa shape index (κ1) is 8.98. The van der Waals surface area contributed by atoms with E-state index in [4.69, 9.17) is 0 Å². The second-order valence-electron chi connectivity index (χ2n) is 3.99. The molecule has 0 unspecified atom stereocenters. The van der Waals surface area contributed by atoms with Gasteiger partial charge in [0.05, 0.1) is 5.00 Å². The van der Waals surface area contributed by atoms with Crippen molar-refractivity contribution in [2.24, 2.45) is 0 Å². The molecular weight excluding hydrogens is 202 g/mol. The third-order valence-corrected chi connectivity index (χ3v) is 3.79. The minimum absolute atomic E-state index is 1.12. The molecule has 3 rings (SSSR count). The summed E-state index contributed by atoms with van der Waals surface area (Å²) >= 11 is 1.81. The molecule has 2 heteroatoms. The Morgan fingerprint density at radius 2 is 2.20 bits per heavy atom. The quantitative estimate of drug-likeness (QED) is 0.700. The number of hydrogen-bond donors (Lipinski definition) is 0. The summed E-state index contributed by atoms with van der Waals surface area (Å²) in [6.07, 6.45) is 1.18. The highest BCUT2D eigenvalue weighted by Crippen LogP contribution is 2.36. The van der Waals surface area contributed by atoms with E-state index in [1.54, 1.807) is 0 Å².